The van der Waals surface area contributed by atoms with Gasteiger partial charge in [0.25, 0.3) is 0 Å². The van der Waals surface area contributed by atoms with Crippen LogP contribution in [-0.4, -0.2) is 37.3 Å². The van der Waals surface area contributed by atoms with Crippen LogP contribution >= 0.6 is 0 Å². The number of rotatable bonds is 7. The Morgan fingerprint density at radius 1 is 1.40 bits per heavy atom. The summed E-state index contributed by atoms with van der Waals surface area (Å²) in [6.07, 6.45) is -0.665. The summed E-state index contributed by atoms with van der Waals surface area (Å²) in [4.78, 5) is 10.8. The van der Waals surface area contributed by atoms with Crippen molar-refractivity contribution < 1.29 is 14.6 Å². The molecular weight excluding hydrogens is 256 g/mol. The molecule has 1 aromatic carbocycles. The Morgan fingerprint density at radius 3 is 2.70 bits per heavy atom. The van der Waals surface area contributed by atoms with Crippen LogP contribution in [0.4, 0.5) is 0 Å². The summed E-state index contributed by atoms with van der Waals surface area (Å²) < 4.78 is 5.28. The topological polar surface area (TPSA) is 70.6 Å². The number of nitrogens with one attached hydrogen (secondary N) is 2. The second-order valence-electron chi connectivity index (χ2n) is 4.92. The molecule has 3 N–H and O–H groups in total. The number of benzene rings is 1. The fourth-order valence-corrected chi connectivity index (χ4v) is 2.00. The first-order chi connectivity index (χ1) is 9.45. The third kappa shape index (κ3) is 4.83. The third-order valence-corrected chi connectivity index (χ3v) is 3.14. The zero-order valence-electron chi connectivity index (χ0n) is 12.6. The van der Waals surface area contributed by atoms with Crippen LogP contribution in [0.15, 0.2) is 18.2 Å². The number of methoxy groups -OCH3 is 1. The normalized spacial score (nSPS) is 13.7. The summed E-state index contributed by atoms with van der Waals surface area (Å²) in [6, 6.07) is 5.59. The molecule has 2 atom stereocenters. The lowest BCUT2D eigenvalue weighted by molar-refractivity contribution is -0.118. The van der Waals surface area contributed by atoms with Gasteiger partial charge in [0.2, 0.25) is 5.91 Å². The zero-order valence-corrected chi connectivity index (χ0v) is 12.6. The Balaban J connectivity index is 2.61. The van der Waals surface area contributed by atoms with Crippen LogP contribution in [0.1, 0.15) is 31.1 Å². The highest BCUT2D eigenvalue weighted by molar-refractivity contribution is 5.72. The van der Waals surface area contributed by atoms with Gasteiger partial charge in [0.05, 0.1) is 13.2 Å². The Kier molecular flexibility index (Phi) is 6.48. The lowest BCUT2D eigenvalue weighted by Gasteiger charge is -2.22. The highest BCUT2D eigenvalue weighted by atomic mass is 16.5. The molecule has 0 aliphatic heterocycles. The van der Waals surface area contributed by atoms with Gasteiger partial charge in [-0.15, -0.1) is 0 Å². The van der Waals surface area contributed by atoms with Gasteiger partial charge in [-0.1, -0.05) is 11.6 Å². The van der Waals surface area contributed by atoms with E-state index in [1.54, 1.807) is 7.11 Å². The van der Waals surface area contributed by atoms with Crippen molar-refractivity contribution in [3.63, 3.8) is 0 Å². The van der Waals surface area contributed by atoms with Crippen molar-refractivity contribution >= 4 is 5.91 Å². The van der Waals surface area contributed by atoms with Gasteiger partial charge in [0.15, 0.2) is 0 Å². The molecule has 0 saturated carbocycles. The average molecular weight is 280 g/mol. The van der Waals surface area contributed by atoms with Gasteiger partial charge in [0.1, 0.15) is 5.75 Å². The van der Waals surface area contributed by atoms with Crippen LogP contribution in [0, 0.1) is 6.92 Å². The molecule has 1 aromatic rings. The van der Waals surface area contributed by atoms with Crippen LogP contribution in [0.5, 0.6) is 5.75 Å². The van der Waals surface area contributed by atoms with E-state index in [-0.39, 0.29) is 11.9 Å². The van der Waals surface area contributed by atoms with Crippen LogP contribution in [0.3, 0.4) is 0 Å². The number of ether oxygens (including phenoxy) is 1. The Hall–Kier alpha value is -1.59. The van der Waals surface area contributed by atoms with E-state index in [9.17, 15) is 9.90 Å². The van der Waals surface area contributed by atoms with E-state index >= 15 is 0 Å². The van der Waals surface area contributed by atoms with Gasteiger partial charge in [-0.25, -0.2) is 0 Å². The van der Waals surface area contributed by atoms with Crippen LogP contribution in [-0.2, 0) is 4.79 Å². The minimum absolute atomic E-state index is 0.0552. The lowest BCUT2D eigenvalue weighted by Crippen LogP contribution is -2.38. The van der Waals surface area contributed by atoms with E-state index in [1.165, 1.54) is 6.92 Å². The van der Waals surface area contributed by atoms with Crippen molar-refractivity contribution in [2.45, 2.75) is 32.9 Å². The SMILES string of the molecule is COc1ccc(C)cc1C(O)C(C)NCCNC(C)=O. The van der Waals surface area contributed by atoms with Crippen molar-refractivity contribution in [1.82, 2.24) is 10.6 Å². The number of carbonyl (C=O) groups excluding carboxylic acids is 1. The predicted molar refractivity (Wildman–Crippen MR) is 78.8 cm³/mol. The van der Waals surface area contributed by atoms with Crippen molar-refractivity contribution in [3.8, 4) is 5.75 Å². The van der Waals surface area contributed by atoms with Crippen molar-refractivity contribution in [2.24, 2.45) is 0 Å². The molecule has 112 valence electrons. The van der Waals surface area contributed by atoms with Crippen LogP contribution in [0.25, 0.3) is 0 Å². The fourth-order valence-electron chi connectivity index (χ4n) is 2.00. The number of hydrogen-bond acceptors (Lipinski definition) is 4. The molecule has 0 spiro atoms. The van der Waals surface area contributed by atoms with E-state index < -0.39 is 6.10 Å². The number of aryl methyl sites for hydroxylation is 1. The molecule has 0 heterocycles. The quantitative estimate of drug-likeness (QED) is 0.655. The molecule has 0 aliphatic carbocycles. The van der Waals surface area contributed by atoms with Gasteiger partial charge in [-0.05, 0) is 26.0 Å². The molecule has 0 saturated heterocycles. The van der Waals surface area contributed by atoms with E-state index in [2.05, 4.69) is 10.6 Å². The molecule has 0 aliphatic rings. The van der Waals surface area contributed by atoms with Crippen LogP contribution < -0.4 is 15.4 Å². The predicted octanol–water partition coefficient (Wildman–Crippen LogP) is 1.15. The minimum Gasteiger partial charge on any atom is -0.496 e. The van der Waals surface area contributed by atoms with Gasteiger partial charge < -0.3 is 20.5 Å². The maximum Gasteiger partial charge on any atom is 0.216 e. The lowest BCUT2D eigenvalue weighted by atomic mass is 10.0. The molecule has 0 bridgehead atoms. The summed E-state index contributed by atoms with van der Waals surface area (Å²) in [5.74, 6) is 0.624. The smallest absolute Gasteiger partial charge is 0.216 e. The Bertz CT molecular complexity index is 449. The van der Waals surface area contributed by atoms with E-state index in [1.807, 2.05) is 32.0 Å². The second kappa shape index (κ2) is 7.87. The van der Waals surface area contributed by atoms with Crippen molar-refractivity contribution in [2.75, 3.05) is 20.2 Å². The number of aliphatic hydroxyl groups excluding tert-OH is 1. The Morgan fingerprint density at radius 2 is 2.10 bits per heavy atom. The molecule has 2 unspecified atom stereocenters. The standard InChI is InChI=1S/C15H24N2O3/c1-10-5-6-14(20-4)13(9-10)15(19)11(2)16-7-8-17-12(3)18/h5-6,9,11,15-16,19H,7-8H2,1-4H3,(H,17,18). The minimum atomic E-state index is -0.665. The number of aliphatic hydroxyl groups is 1. The summed E-state index contributed by atoms with van der Waals surface area (Å²) in [7, 11) is 1.59. The monoisotopic (exact) mass is 280 g/mol. The molecule has 20 heavy (non-hydrogen) atoms. The first-order valence-electron chi connectivity index (χ1n) is 6.76. The Labute approximate surface area is 120 Å². The molecule has 1 rings (SSSR count). The van der Waals surface area contributed by atoms with Gasteiger partial charge >= 0.3 is 0 Å². The zero-order chi connectivity index (χ0) is 15.1. The second-order valence-corrected chi connectivity index (χ2v) is 4.92. The number of amides is 1. The molecule has 5 nitrogen and oxygen atoms in total. The van der Waals surface area contributed by atoms with E-state index in [0.717, 1.165) is 11.1 Å². The molecule has 0 radical (unpaired) electrons. The third-order valence-electron chi connectivity index (χ3n) is 3.14. The maximum atomic E-state index is 10.8. The number of hydrogen-bond donors (Lipinski definition) is 3. The molecular formula is C15H24N2O3. The van der Waals surface area contributed by atoms with Gasteiger partial charge in [0, 0.05) is 31.6 Å². The van der Waals surface area contributed by atoms with Gasteiger partial charge in [-0.3, -0.25) is 4.79 Å². The van der Waals surface area contributed by atoms with Crippen molar-refractivity contribution in [1.29, 1.82) is 0 Å². The van der Waals surface area contributed by atoms with Crippen LogP contribution in [0.2, 0.25) is 0 Å². The van der Waals surface area contributed by atoms with E-state index in [4.69, 9.17) is 4.74 Å². The summed E-state index contributed by atoms with van der Waals surface area (Å²) >= 11 is 0. The summed E-state index contributed by atoms with van der Waals surface area (Å²) in [5, 5.41) is 16.3. The molecule has 5 heteroatoms. The highest BCUT2D eigenvalue weighted by Crippen LogP contribution is 2.28. The van der Waals surface area contributed by atoms with Crippen molar-refractivity contribution in [3.05, 3.63) is 29.3 Å². The van der Waals surface area contributed by atoms with E-state index in [0.29, 0.717) is 18.8 Å². The summed E-state index contributed by atoms with van der Waals surface area (Å²) in [6.45, 7) is 6.50. The molecule has 1 amide bonds. The van der Waals surface area contributed by atoms with Gasteiger partial charge in [-0.2, -0.15) is 0 Å². The maximum absolute atomic E-state index is 10.8. The first kappa shape index (κ1) is 16.5. The largest absolute Gasteiger partial charge is 0.496 e. The fraction of sp³-hybridized carbons (Fsp3) is 0.533. The molecule has 0 fully saturated rings. The average Bonchev–Trinajstić information content (AvgIpc) is 2.42. The molecule has 0 aromatic heterocycles. The number of carbonyl (C=O) groups is 1. The first-order valence-corrected chi connectivity index (χ1v) is 6.76. The highest BCUT2D eigenvalue weighted by Gasteiger charge is 2.19. The summed E-state index contributed by atoms with van der Waals surface area (Å²) in [5.41, 5.74) is 1.84.